The Morgan fingerprint density at radius 3 is 2.50 bits per heavy atom. The second-order valence-electron chi connectivity index (χ2n) is 5.66. The van der Waals surface area contributed by atoms with Gasteiger partial charge >= 0.3 is 5.97 Å². The molecule has 0 saturated carbocycles. The van der Waals surface area contributed by atoms with Crippen molar-refractivity contribution >= 4 is 58.3 Å². The van der Waals surface area contributed by atoms with Crippen LogP contribution in [0.3, 0.4) is 0 Å². The number of ketones is 1. The maximum absolute atomic E-state index is 12.8. The summed E-state index contributed by atoms with van der Waals surface area (Å²) in [6, 6.07) is 9.75. The zero-order valence-corrected chi connectivity index (χ0v) is 17.0. The summed E-state index contributed by atoms with van der Waals surface area (Å²) in [7, 11) is 0. The lowest BCUT2D eigenvalue weighted by atomic mass is 10.1. The smallest absolute Gasteiger partial charge is 0.319 e. The van der Waals surface area contributed by atoms with E-state index in [2.05, 4.69) is 5.32 Å². The van der Waals surface area contributed by atoms with Gasteiger partial charge < -0.3 is 10.1 Å². The highest BCUT2D eigenvalue weighted by atomic mass is 35.5. The Bertz CT molecular complexity index is 877. The fourth-order valence-corrected chi connectivity index (χ4v) is 3.11. The molecule has 2 aromatic carbocycles. The Morgan fingerprint density at radius 2 is 1.82 bits per heavy atom. The SMILES string of the molecule is C[C@@H](SCC(=O)Nc1ccc(F)cc1)C(=O)OCC(=O)c1cc(Cl)ccc1Cl. The zero-order chi connectivity index (χ0) is 20.7. The lowest BCUT2D eigenvalue weighted by molar-refractivity contribution is -0.141. The standard InChI is InChI=1S/C19H16Cl2FNO4S/c1-11(28-10-18(25)23-14-5-3-13(22)4-6-14)19(26)27-9-17(24)15-8-12(20)2-7-16(15)21/h2-8,11H,9-10H2,1H3,(H,23,25)/t11-/m1/s1. The highest BCUT2D eigenvalue weighted by Crippen LogP contribution is 2.21. The number of benzene rings is 2. The largest absolute Gasteiger partial charge is 0.456 e. The number of amides is 1. The van der Waals surface area contributed by atoms with Crippen LogP contribution >= 0.6 is 35.0 Å². The number of halogens is 3. The van der Waals surface area contributed by atoms with Gasteiger partial charge in [0.15, 0.2) is 6.61 Å². The average Bonchev–Trinajstić information content (AvgIpc) is 2.67. The number of carbonyl (C=O) groups excluding carboxylic acids is 3. The van der Waals surface area contributed by atoms with Gasteiger partial charge in [-0.05, 0) is 49.4 Å². The lowest BCUT2D eigenvalue weighted by Crippen LogP contribution is -2.23. The second kappa shape index (κ2) is 10.5. The lowest BCUT2D eigenvalue weighted by Gasteiger charge is -2.11. The van der Waals surface area contributed by atoms with Gasteiger partial charge in [-0.15, -0.1) is 11.8 Å². The summed E-state index contributed by atoms with van der Waals surface area (Å²) in [4.78, 5) is 36.0. The molecule has 2 aromatic rings. The van der Waals surface area contributed by atoms with Crippen molar-refractivity contribution in [3.8, 4) is 0 Å². The number of thioether (sulfide) groups is 1. The molecule has 0 unspecified atom stereocenters. The summed E-state index contributed by atoms with van der Waals surface area (Å²) in [6.45, 7) is 1.08. The van der Waals surface area contributed by atoms with E-state index in [1.165, 1.54) is 36.4 Å². The van der Waals surface area contributed by atoms with Crippen LogP contribution in [0.1, 0.15) is 17.3 Å². The number of esters is 1. The van der Waals surface area contributed by atoms with Gasteiger partial charge in [0.25, 0.3) is 0 Å². The Balaban J connectivity index is 1.77. The van der Waals surface area contributed by atoms with Crippen LogP contribution in [0.4, 0.5) is 10.1 Å². The van der Waals surface area contributed by atoms with Crippen molar-refractivity contribution in [2.24, 2.45) is 0 Å². The van der Waals surface area contributed by atoms with Crippen LogP contribution in [0, 0.1) is 5.82 Å². The van der Waals surface area contributed by atoms with Gasteiger partial charge in [-0.3, -0.25) is 14.4 Å². The summed E-state index contributed by atoms with van der Waals surface area (Å²) in [5, 5.41) is 2.48. The number of nitrogens with one attached hydrogen (secondary N) is 1. The van der Waals surface area contributed by atoms with Crippen molar-refractivity contribution in [2.75, 3.05) is 17.7 Å². The quantitative estimate of drug-likeness (QED) is 0.475. The second-order valence-corrected chi connectivity index (χ2v) is 7.84. The van der Waals surface area contributed by atoms with Gasteiger partial charge in [-0.25, -0.2) is 4.39 Å². The van der Waals surface area contributed by atoms with E-state index in [1.807, 2.05) is 0 Å². The summed E-state index contributed by atoms with van der Waals surface area (Å²) >= 11 is 12.8. The van der Waals surface area contributed by atoms with E-state index in [4.69, 9.17) is 27.9 Å². The van der Waals surface area contributed by atoms with Crippen LogP contribution in [0.15, 0.2) is 42.5 Å². The molecule has 0 aliphatic rings. The molecule has 1 N–H and O–H groups in total. The van der Waals surface area contributed by atoms with Gasteiger partial charge in [0.05, 0.1) is 10.8 Å². The van der Waals surface area contributed by atoms with Crippen molar-refractivity contribution in [3.05, 3.63) is 63.9 Å². The van der Waals surface area contributed by atoms with Crippen LogP contribution in [0.2, 0.25) is 10.0 Å². The first-order valence-electron chi connectivity index (χ1n) is 8.08. The van der Waals surface area contributed by atoms with E-state index in [0.29, 0.717) is 10.7 Å². The Hall–Kier alpha value is -2.09. The van der Waals surface area contributed by atoms with Crippen molar-refractivity contribution in [1.29, 1.82) is 0 Å². The summed E-state index contributed by atoms with van der Waals surface area (Å²) in [6.07, 6.45) is 0. The first kappa shape index (κ1) is 22.2. The molecule has 2 rings (SSSR count). The minimum Gasteiger partial charge on any atom is -0.456 e. The number of carbonyl (C=O) groups is 3. The molecular formula is C19H16Cl2FNO4S. The monoisotopic (exact) mass is 443 g/mol. The third kappa shape index (κ3) is 6.82. The van der Waals surface area contributed by atoms with Crippen LogP contribution < -0.4 is 5.32 Å². The van der Waals surface area contributed by atoms with Crippen LogP contribution in [-0.2, 0) is 14.3 Å². The van der Waals surface area contributed by atoms with Crippen LogP contribution in [0.5, 0.6) is 0 Å². The number of rotatable bonds is 8. The van der Waals surface area contributed by atoms with Gasteiger partial charge in [0.1, 0.15) is 11.1 Å². The van der Waals surface area contributed by atoms with Gasteiger partial charge in [0.2, 0.25) is 11.7 Å². The zero-order valence-electron chi connectivity index (χ0n) is 14.7. The molecule has 0 radical (unpaired) electrons. The van der Waals surface area contributed by atoms with E-state index in [0.717, 1.165) is 11.8 Å². The Morgan fingerprint density at radius 1 is 1.14 bits per heavy atom. The third-order valence-corrected chi connectivity index (χ3v) is 5.18. The van der Waals surface area contributed by atoms with Crippen LogP contribution in [-0.4, -0.2) is 35.3 Å². The van der Waals surface area contributed by atoms with E-state index in [1.54, 1.807) is 13.0 Å². The molecule has 0 spiro atoms. The maximum atomic E-state index is 12.8. The molecule has 148 valence electrons. The summed E-state index contributed by atoms with van der Waals surface area (Å²) in [5.74, 6) is -1.88. The van der Waals surface area contributed by atoms with Crippen LogP contribution in [0.25, 0.3) is 0 Å². The number of hydrogen-bond donors (Lipinski definition) is 1. The Kier molecular flexibility index (Phi) is 8.29. The van der Waals surface area contributed by atoms with E-state index in [9.17, 15) is 18.8 Å². The molecule has 0 aromatic heterocycles. The average molecular weight is 444 g/mol. The van der Waals surface area contributed by atoms with Gasteiger partial charge in [0, 0.05) is 16.3 Å². The summed E-state index contributed by atoms with van der Waals surface area (Å²) in [5.41, 5.74) is 0.618. The molecule has 0 fully saturated rings. The van der Waals surface area contributed by atoms with Gasteiger partial charge in [-0.2, -0.15) is 0 Å². The minimum atomic E-state index is -0.665. The van der Waals surface area contributed by atoms with Crippen molar-refractivity contribution in [2.45, 2.75) is 12.2 Å². The van der Waals surface area contributed by atoms with E-state index >= 15 is 0 Å². The first-order chi connectivity index (χ1) is 13.3. The molecule has 9 heteroatoms. The highest BCUT2D eigenvalue weighted by Gasteiger charge is 2.19. The van der Waals surface area contributed by atoms with E-state index < -0.39 is 29.4 Å². The minimum absolute atomic E-state index is 0.0122. The predicted molar refractivity (Wildman–Crippen MR) is 109 cm³/mol. The predicted octanol–water partition coefficient (Wildman–Crippen LogP) is 4.62. The van der Waals surface area contributed by atoms with Crippen molar-refractivity contribution < 1.29 is 23.5 Å². The molecule has 0 aliphatic heterocycles. The molecule has 1 amide bonds. The fraction of sp³-hybridized carbons (Fsp3) is 0.211. The molecule has 5 nitrogen and oxygen atoms in total. The molecule has 0 bridgehead atoms. The summed E-state index contributed by atoms with van der Waals surface area (Å²) < 4.78 is 17.8. The van der Waals surface area contributed by atoms with Gasteiger partial charge in [-0.1, -0.05) is 23.2 Å². The van der Waals surface area contributed by atoms with Crippen molar-refractivity contribution in [1.82, 2.24) is 0 Å². The number of ether oxygens (including phenoxy) is 1. The Labute approximate surface area is 175 Å². The van der Waals surface area contributed by atoms with E-state index in [-0.39, 0.29) is 22.2 Å². The maximum Gasteiger partial charge on any atom is 0.319 e. The molecule has 28 heavy (non-hydrogen) atoms. The number of Topliss-reactive ketones (excluding diaryl/α,β-unsaturated/α-hetero) is 1. The molecule has 0 saturated heterocycles. The molecule has 1 atom stereocenters. The number of anilines is 1. The number of hydrogen-bond acceptors (Lipinski definition) is 5. The molecule has 0 heterocycles. The third-order valence-electron chi connectivity index (χ3n) is 3.50. The van der Waals surface area contributed by atoms with Crippen molar-refractivity contribution in [3.63, 3.8) is 0 Å². The normalized spacial score (nSPS) is 11.6. The molecular weight excluding hydrogens is 428 g/mol. The fourth-order valence-electron chi connectivity index (χ4n) is 2.04. The molecule has 0 aliphatic carbocycles. The topological polar surface area (TPSA) is 72.5 Å². The first-order valence-corrected chi connectivity index (χ1v) is 9.88. The highest BCUT2D eigenvalue weighted by molar-refractivity contribution is 8.01.